The molecule has 154 valence electrons. The summed E-state index contributed by atoms with van der Waals surface area (Å²) in [5.41, 5.74) is 0.464. The highest BCUT2D eigenvalue weighted by atomic mass is 32.1. The number of nitrogens with one attached hydrogen (secondary N) is 1. The largest absolute Gasteiger partial charge is 0.435 e. The summed E-state index contributed by atoms with van der Waals surface area (Å²) in [5.74, 6) is 0.153. The third-order valence-electron chi connectivity index (χ3n) is 4.18. The van der Waals surface area contributed by atoms with E-state index in [1.807, 2.05) is 41.9 Å². The summed E-state index contributed by atoms with van der Waals surface area (Å²) in [7, 11) is 1.85. The normalized spacial score (nSPS) is 11.6. The van der Waals surface area contributed by atoms with E-state index < -0.39 is 17.8 Å². The fourth-order valence-corrected chi connectivity index (χ4v) is 3.85. The Morgan fingerprint density at radius 2 is 1.93 bits per heavy atom. The van der Waals surface area contributed by atoms with E-state index in [1.54, 1.807) is 12.4 Å². The number of aryl methyl sites for hydroxylation is 1. The SMILES string of the molecule is Cn1ccnc1-c1sc(NC(=O)Cn2ccc(C(F)(F)F)n2)nc1-c1ccccc1. The number of halogens is 3. The number of amides is 1. The molecule has 3 aromatic heterocycles. The number of nitrogens with zero attached hydrogens (tertiary/aromatic N) is 5. The zero-order valence-electron chi connectivity index (χ0n) is 15.6. The van der Waals surface area contributed by atoms with Gasteiger partial charge < -0.3 is 9.88 Å². The molecule has 0 aliphatic rings. The molecular formula is C19H15F3N6OS. The van der Waals surface area contributed by atoms with Crippen LogP contribution >= 0.6 is 11.3 Å². The highest BCUT2D eigenvalue weighted by Crippen LogP contribution is 2.38. The van der Waals surface area contributed by atoms with Gasteiger partial charge in [-0.2, -0.15) is 18.3 Å². The molecule has 0 radical (unpaired) electrons. The number of anilines is 1. The predicted octanol–water partition coefficient (Wildman–Crippen LogP) is 4.06. The summed E-state index contributed by atoms with van der Waals surface area (Å²) in [6.07, 6.45) is 0.0214. The van der Waals surface area contributed by atoms with Gasteiger partial charge in [0.05, 0.1) is 10.6 Å². The second kappa shape index (κ2) is 7.75. The molecule has 0 aliphatic heterocycles. The van der Waals surface area contributed by atoms with Gasteiger partial charge >= 0.3 is 6.18 Å². The Hall–Kier alpha value is -3.47. The fraction of sp³-hybridized carbons (Fsp3) is 0.158. The Labute approximate surface area is 172 Å². The van der Waals surface area contributed by atoms with Gasteiger partial charge in [-0.3, -0.25) is 9.48 Å². The number of hydrogen-bond donors (Lipinski definition) is 1. The lowest BCUT2D eigenvalue weighted by atomic mass is 10.1. The van der Waals surface area contributed by atoms with E-state index in [1.165, 1.54) is 11.3 Å². The van der Waals surface area contributed by atoms with E-state index in [2.05, 4.69) is 20.4 Å². The molecule has 0 saturated heterocycles. The lowest BCUT2D eigenvalue weighted by Gasteiger charge is -2.03. The monoisotopic (exact) mass is 432 g/mol. The number of carbonyl (C=O) groups is 1. The van der Waals surface area contributed by atoms with E-state index in [9.17, 15) is 18.0 Å². The van der Waals surface area contributed by atoms with Crippen molar-refractivity contribution in [3.63, 3.8) is 0 Å². The van der Waals surface area contributed by atoms with Crippen LogP contribution in [0.2, 0.25) is 0 Å². The van der Waals surface area contributed by atoms with Gasteiger partial charge in [-0.05, 0) is 6.07 Å². The number of imidazole rings is 1. The Bertz CT molecular complexity index is 1180. The van der Waals surface area contributed by atoms with Crippen LogP contribution in [0.1, 0.15) is 5.69 Å². The Morgan fingerprint density at radius 1 is 1.17 bits per heavy atom. The quantitative estimate of drug-likeness (QED) is 0.516. The summed E-state index contributed by atoms with van der Waals surface area (Å²) >= 11 is 1.24. The summed E-state index contributed by atoms with van der Waals surface area (Å²) in [4.78, 5) is 22.0. The third-order valence-corrected chi connectivity index (χ3v) is 5.15. The maximum Gasteiger partial charge on any atom is 0.435 e. The number of alkyl halides is 3. The van der Waals surface area contributed by atoms with E-state index in [4.69, 9.17) is 0 Å². The average Bonchev–Trinajstić information content (AvgIpc) is 3.42. The van der Waals surface area contributed by atoms with Crippen LogP contribution < -0.4 is 5.32 Å². The Kier molecular flexibility index (Phi) is 5.12. The number of thiazole rings is 1. The second-order valence-electron chi connectivity index (χ2n) is 6.37. The van der Waals surface area contributed by atoms with Crippen LogP contribution in [-0.2, 0) is 24.6 Å². The summed E-state index contributed by atoms with van der Waals surface area (Å²) in [5, 5.41) is 6.35. The van der Waals surface area contributed by atoms with Crippen LogP contribution in [0, 0.1) is 0 Å². The zero-order chi connectivity index (χ0) is 21.3. The topological polar surface area (TPSA) is 77.6 Å². The van der Waals surface area contributed by atoms with Crippen molar-refractivity contribution in [1.82, 2.24) is 24.3 Å². The van der Waals surface area contributed by atoms with Crippen molar-refractivity contribution in [1.29, 1.82) is 0 Å². The third kappa shape index (κ3) is 4.10. The molecule has 3 heterocycles. The van der Waals surface area contributed by atoms with Crippen LogP contribution in [0.3, 0.4) is 0 Å². The summed E-state index contributed by atoms with van der Waals surface area (Å²) in [6.45, 7) is -0.367. The van der Waals surface area contributed by atoms with E-state index >= 15 is 0 Å². The van der Waals surface area contributed by atoms with E-state index in [-0.39, 0.29) is 6.54 Å². The van der Waals surface area contributed by atoms with E-state index in [0.29, 0.717) is 16.6 Å². The van der Waals surface area contributed by atoms with Gasteiger partial charge in [0.15, 0.2) is 16.6 Å². The van der Waals surface area contributed by atoms with Crippen LogP contribution in [0.25, 0.3) is 22.0 Å². The van der Waals surface area contributed by atoms with Crippen molar-refractivity contribution in [2.24, 2.45) is 7.05 Å². The Balaban J connectivity index is 1.59. The number of carbonyl (C=O) groups excluding carboxylic acids is 1. The predicted molar refractivity (Wildman–Crippen MR) is 106 cm³/mol. The lowest BCUT2D eigenvalue weighted by Crippen LogP contribution is -2.19. The van der Waals surface area contributed by atoms with Crippen molar-refractivity contribution in [2.45, 2.75) is 12.7 Å². The fourth-order valence-electron chi connectivity index (χ4n) is 2.81. The van der Waals surface area contributed by atoms with Gasteiger partial charge in [-0.25, -0.2) is 9.97 Å². The molecule has 4 rings (SSSR count). The molecule has 0 atom stereocenters. The van der Waals surface area contributed by atoms with Gasteiger partial charge in [0.25, 0.3) is 0 Å². The van der Waals surface area contributed by atoms with Gasteiger partial charge in [-0.1, -0.05) is 41.7 Å². The maximum absolute atomic E-state index is 12.7. The molecule has 1 amide bonds. The number of benzene rings is 1. The van der Waals surface area contributed by atoms with Crippen LogP contribution in [0.15, 0.2) is 55.0 Å². The standard InChI is InChI=1S/C19H15F3N6OS/c1-27-10-8-23-17(27)16-15(12-5-3-2-4-6-12)25-18(30-16)24-14(29)11-28-9-7-13(26-28)19(20,21)22/h2-10H,11H2,1H3,(H,24,25,29). The first-order valence-corrected chi connectivity index (χ1v) is 9.57. The molecule has 0 bridgehead atoms. The molecule has 0 unspecified atom stereocenters. The smallest absolute Gasteiger partial charge is 0.333 e. The van der Waals surface area contributed by atoms with Gasteiger partial charge in [0.2, 0.25) is 5.91 Å². The Morgan fingerprint density at radius 3 is 2.57 bits per heavy atom. The average molecular weight is 432 g/mol. The van der Waals surface area contributed by atoms with Crippen LogP contribution in [0.4, 0.5) is 18.3 Å². The molecule has 1 N–H and O–H groups in total. The molecule has 4 aromatic rings. The number of rotatable bonds is 5. The molecule has 11 heteroatoms. The molecule has 0 fully saturated rings. The second-order valence-corrected chi connectivity index (χ2v) is 7.37. The minimum Gasteiger partial charge on any atom is -0.333 e. The highest BCUT2D eigenvalue weighted by Gasteiger charge is 2.33. The van der Waals surface area contributed by atoms with Crippen molar-refractivity contribution >= 4 is 22.4 Å². The lowest BCUT2D eigenvalue weighted by molar-refractivity contribution is -0.141. The molecule has 0 aliphatic carbocycles. The zero-order valence-corrected chi connectivity index (χ0v) is 16.4. The first kappa shape index (κ1) is 19.8. The minimum absolute atomic E-state index is 0.319. The van der Waals surface area contributed by atoms with E-state index in [0.717, 1.165) is 27.4 Å². The first-order valence-electron chi connectivity index (χ1n) is 8.75. The molecule has 0 saturated carbocycles. The number of aromatic nitrogens is 5. The summed E-state index contributed by atoms with van der Waals surface area (Å²) in [6, 6.07) is 10.3. The minimum atomic E-state index is -4.56. The molecule has 1 aromatic carbocycles. The van der Waals surface area contributed by atoms with Crippen molar-refractivity contribution in [2.75, 3.05) is 5.32 Å². The van der Waals surface area contributed by atoms with Crippen molar-refractivity contribution in [3.05, 3.63) is 60.7 Å². The van der Waals surface area contributed by atoms with Crippen LogP contribution in [-0.4, -0.2) is 30.2 Å². The summed E-state index contributed by atoms with van der Waals surface area (Å²) < 4.78 is 40.8. The molecular weight excluding hydrogens is 417 g/mol. The highest BCUT2D eigenvalue weighted by molar-refractivity contribution is 7.19. The van der Waals surface area contributed by atoms with Crippen molar-refractivity contribution < 1.29 is 18.0 Å². The number of hydrogen-bond acceptors (Lipinski definition) is 5. The first-order chi connectivity index (χ1) is 14.3. The van der Waals surface area contributed by atoms with Crippen LogP contribution in [0.5, 0.6) is 0 Å². The maximum atomic E-state index is 12.7. The van der Waals surface area contributed by atoms with Gasteiger partial charge in [0, 0.05) is 31.2 Å². The van der Waals surface area contributed by atoms with Gasteiger partial charge in [-0.15, -0.1) is 0 Å². The molecule has 30 heavy (non-hydrogen) atoms. The van der Waals surface area contributed by atoms with Crippen molar-refractivity contribution in [3.8, 4) is 22.0 Å². The molecule has 0 spiro atoms. The van der Waals surface area contributed by atoms with Gasteiger partial charge in [0.1, 0.15) is 6.54 Å². The molecule has 7 nitrogen and oxygen atoms in total.